The zero-order valence-electron chi connectivity index (χ0n) is 15.9. The van der Waals surface area contributed by atoms with Gasteiger partial charge < -0.3 is 24.8 Å². The second kappa shape index (κ2) is 9.50. The average molecular weight is 406 g/mol. The third kappa shape index (κ3) is 5.19. The van der Waals surface area contributed by atoms with E-state index in [1.807, 2.05) is 0 Å². The predicted molar refractivity (Wildman–Crippen MR) is 108 cm³/mol. The van der Waals surface area contributed by atoms with Gasteiger partial charge in [0.05, 0.1) is 24.9 Å². The molecule has 2 amide bonds. The van der Waals surface area contributed by atoms with Crippen molar-refractivity contribution in [2.24, 2.45) is 0 Å². The number of benzene rings is 1. The van der Waals surface area contributed by atoms with E-state index in [0.717, 1.165) is 25.7 Å². The van der Waals surface area contributed by atoms with Crippen LogP contribution in [0.3, 0.4) is 0 Å². The maximum atomic E-state index is 12.4. The third-order valence-corrected chi connectivity index (χ3v) is 4.87. The number of para-hydroxylation sites is 1. The monoisotopic (exact) mass is 405 g/mol. The highest BCUT2D eigenvalue weighted by molar-refractivity contribution is 6.30. The minimum atomic E-state index is -0.268. The Labute approximate surface area is 169 Å². The number of aromatic nitrogens is 1. The molecule has 1 aliphatic carbocycles. The summed E-state index contributed by atoms with van der Waals surface area (Å²) in [7, 11) is 3.10. The number of nitrogens with zero attached hydrogens (tertiary/aromatic N) is 1. The first-order chi connectivity index (χ1) is 13.6. The van der Waals surface area contributed by atoms with Gasteiger partial charge in [0.2, 0.25) is 5.88 Å². The second-order valence-corrected chi connectivity index (χ2v) is 6.98. The first-order valence-corrected chi connectivity index (χ1v) is 9.53. The second-order valence-electron chi connectivity index (χ2n) is 6.55. The molecule has 2 aromatic rings. The molecule has 0 radical (unpaired) electrons. The number of carbonyl (C=O) groups excluding carboxylic acids is 1. The summed E-state index contributed by atoms with van der Waals surface area (Å²) >= 11 is 5.84. The van der Waals surface area contributed by atoms with Gasteiger partial charge in [-0.2, -0.15) is 0 Å². The van der Waals surface area contributed by atoms with Gasteiger partial charge in [-0.1, -0.05) is 17.7 Å². The molecule has 1 fully saturated rings. The molecule has 1 heterocycles. The van der Waals surface area contributed by atoms with Gasteiger partial charge in [-0.25, -0.2) is 9.78 Å². The van der Waals surface area contributed by atoms with Crippen LogP contribution in [0.2, 0.25) is 5.02 Å². The molecule has 3 rings (SSSR count). The molecule has 150 valence electrons. The fourth-order valence-electron chi connectivity index (χ4n) is 3.26. The molecule has 1 aliphatic rings. The molecule has 0 saturated heterocycles. The smallest absolute Gasteiger partial charge is 0.319 e. The Morgan fingerprint density at radius 1 is 1.11 bits per heavy atom. The Morgan fingerprint density at radius 2 is 1.89 bits per heavy atom. The van der Waals surface area contributed by atoms with Crippen molar-refractivity contribution in [3.8, 4) is 17.4 Å². The highest BCUT2D eigenvalue weighted by atomic mass is 35.5. The van der Waals surface area contributed by atoms with Gasteiger partial charge in [-0.15, -0.1) is 0 Å². The highest BCUT2D eigenvalue weighted by Gasteiger charge is 2.24. The van der Waals surface area contributed by atoms with E-state index in [1.54, 1.807) is 43.6 Å². The van der Waals surface area contributed by atoms with Gasteiger partial charge in [0.15, 0.2) is 11.5 Å². The van der Waals surface area contributed by atoms with E-state index >= 15 is 0 Å². The number of ether oxygens (including phenoxy) is 3. The lowest BCUT2D eigenvalue weighted by Gasteiger charge is -2.29. The number of carbonyl (C=O) groups is 1. The summed E-state index contributed by atoms with van der Waals surface area (Å²) in [5.74, 6) is 1.63. The minimum absolute atomic E-state index is 0.0910. The van der Waals surface area contributed by atoms with E-state index in [9.17, 15) is 4.79 Å². The molecule has 0 bridgehead atoms. The van der Waals surface area contributed by atoms with Crippen LogP contribution in [-0.2, 0) is 0 Å². The van der Waals surface area contributed by atoms with Gasteiger partial charge in [0.1, 0.15) is 6.10 Å². The van der Waals surface area contributed by atoms with E-state index in [2.05, 4.69) is 15.6 Å². The van der Waals surface area contributed by atoms with Crippen molar-refractivity contribution in [3.63, 3.8) is 0 Å². The highest BCUT2D eigenvalue weighted by Crippen LogP contribution is 2.34. The first kappa shape index (κ1) is 20.1. The van der Waals surface area contributed by atoms with Crippen molar-refractivity contribution in [1.29, 1.82) is 0 Å². The number of pyridine rings is 1. The Morgan fingerprint density at radius 3 is 2.54 bits per heavy atom. The van der Waals surface area contributed by atoms with Gasteiger partial charge in [0.25, 0.3) is 0 Å². The van der Waals surface area contributed by atoms with Crippen molar-refractivity contribution in [2.45, 2.75) is 37.8 Å². The summed E-state index contributed by atoms with van der Waals surface area (Å²) in [5, 5.41) is 6.43. The standard InChI is InChI=1S/C20H24ClN3O4/c1-26-17-5-3-4-16(19(17)27-2)24-20(25)23-14-7-9-15(10-8-14)28-18-11-6-13(21)12-22-18/h3-6,11-12,14-15H,7-10H2,1-2H3,(H2,23,24,25). The van der Waals surface area contributed by atoms with E-state index in [0.29, 0.717) is 28.1 Å². The normalized spacial score (nSPS) is 18.8. The van der Waals surface area contributed by atoms with Gasteiger partial charge in [0, 0.05) is 18.3 Å². The fourth-order valence-corrected chi connectivity index (χ4v) is 3.37. The molecule has 2 N–H and O–H groups in total. The zero-order valence-corrected chi connectivity index (χ0v) is 16.7. The molecular formula is C20H24ClN3O4. The number of amides is 2. The van der Waals surface area contributed by atoms with E-state index in [1.165, 1.54) is 7.11 Å². The Kier molecular flexibility index (Phi) is 6.81. The molecule has 0 spiro atoms. The van der Waals surface area contributed by atoms with E-state index in [4.69, 9.17) is 25.8 Å². The lowest BCUT2D eigenvalue weighted by Crippen LogP contribution is -2.41. The topological polar surface area (TPSA) is 81.7 Å². The number of methoxy groups -OCH3 is 2. The van der Waals surface area contributed by atoms with Crippen LogP contribution >= 0.6 is 11.6 Å². The van der Waals surface area contributed by atoms with Crippen LogP contribution in [0.15, 0.2) is 36.5 Å². The molecule has 0 aliphatic heterocycles. The molecule has 0 unspecified atom stereocenters. The van der Waals surface area contributed by atoms with Crippen molar-refractivity contribution in [2.75, 3.05) is 19.5 Å². The third-order valence-electron chi connectivity index (χ3n) is 4.65. The van der Waals surface area contributed by atoms with Crippen LogP contribution in [0.1, 0.15) is 25.7 Å². The van der Waals surface area contributed by atoms with Crippen LogP contribution in [0.25, 0.3) is 0 Å². The Hall–Kier alpha value is -2.67. The molecule has 1 aromatic heterocycles. The summed E-state index contributed by atoms with van der Waals surface area (Å²) in [4.78, 5) is 16.5. The zero-order chi connectivity index (χ0) is 19.9. The van der Waals surface area contributed by atoms with Crippen LogP contribution in [0.5, 0.6) is 17.4 Å². The Bertz CT molecular complexity index is 793. The number of hydrogen-bond donors (Lipinski definition) is 2. The maximum absolute atomic E-state index is 12.4. The van der Waals surface area contributed by atoms with Crippen molar-refractivity contribution in [1.82, 2.24) is 10.3 Å². The summed E-state index contributed by atoms with van der Waals surface area (Å²) in [6, 6.07) is 8.69. The average Bonchev–Trinajstić information content (AvgIpc) is 2.71. The number of rotatable bonds is 6. The largest absolute Gasteiger partial charge is 0.493 e. The molecule has 28 heavy (non-hydrogen) atoms. The molecule has 1 saturated carbocycles. The van der Waals surface area contributed by atoms with Crippen molar-refractivity contribution >= 4 is 23.3 Å². The van der Waals surface area contributed by atoms with Gasteiger partial charge in [-0.05, 0) is 43.9 Å². The van der Waals surface area contributed by atoms with Crippen LogP contribution in [-0.4, -0.2) is 37.4 Å². The quantitative estimate of drug-likeness (QED) is 0.750. The number of urea groups is 1. The summed E-state index contributed by atoms with van der Waals surface area (Å²) in [6.07, 6.45) is 5.02. The van der Waals surface area contributed by atoms with Crippen LogP contribution in [0, 0.1) is 0 Å². The minimum Gasteiger partial charge on any atom is -0.493 e. The first-order valence-electron chi connectivity index (χ1n) is 9.15. The number of nitrogens with one attached hydrogen (secondary N) is 2. The van der Waals surface area contributed by atoms with Crippen LogP contribution in [0.4, 0.5) is 10.5 Å². The van der Waals surface area contributed by atoms with Crippen molar-refractivity contribution < 1.29 is 19.0 Å². The molecular weight excluding hydrogens is 382 g/mol. The van der Waals surface area contributed by atoms with E-state index in [-0.39, 0.29) is 18.2 Å². The Balaban J connectivity index is 1.48. The lowest BCUT2D eigenvalue weighted by atomic mass is 9.93. The number of hydrogen-bond acceptors (Lipinski definition) is 5. The SMILES string of the molecule is COc1cccc(NC(=O)NC2CCC(Oc3ccc(Cl)cn3)CC2)c1OC. The molecule has 0 atom stereocenters. The molecule has 7 nitrogen and oxygen atoms in total. The van der Waals surface area contributed by atoms with Gasteiger partial charge in [-0.3, -0.25) is 0 Å². The van der Waals surface area contributed by atoms with Crippen molar-refractivity contribution in [3.05, 3.63) is 41.6 Å². The number of anilines is 1. The molecule has 1 aromatic carbocycles. The van der Waals surface area contributed by atoms with Crippen LogP contribution < -0.4 is 24.8 Å². The summed E-state index contributed by atoms with van der Waals surface area (Å²) in [5.41, 5.74) is 0.560. The molecule has 8 heteroatoms. The lowest BCUT2D eigenvalue weighted by molar-refractivity contribution is 0.135. The summed E-state index contributed by atoms with van der Waals surface area (Å²) in [6.45, 7) is 0. The summed E-state index contributed by atoms with van der Waals surface area (Å²) < 4.78 is 16.5. The predicted octanol–water partition coefficient (Wildman–Crippen LogP) is 4.26. The van der Waals surface area contributed by atoms with Gasteiger partial charge >= 0.3 is 6.03 Å². The van der Waals surface area contributed by atoms with E-state index < -0.39 is 0 Å². The number of halogens is 1. The fraction of sp³-hybridized carbons (Fsp3) is 0.400. The maximum Gasteiger partial charge on any atom is 0.319 e.